The predicted octanol–water partition coefficient (Wildman–Crippen LogP) is 4.34. The fourth-order valence-electron chi connectivity index (χ4n) is 2.28. The van der Waals surface area contributed by atoms with Crippen molar-refractivity contribution in [2.75, 3.05) is 13.7 Å². The molecule has 7 heteroatoms. The largest absolute Gasteiger partial charge is 0.493 e. The maximum atomic E-state index is 12.0. The standard InChI is InChI=1S/C21H23ClN2O3S/c1-3-12-27-18-10-6-16(13-19(18)26-2)14-23-21(28)24-20(25)11-7-15-4-8-17(22)9-5-15/h4-11,13H,3,12,14H2,1-2H3,(H2,23,24,25,28)/b11-7+. The lowest BCUT2D eigenvalue weighted by molar-refractivity contribution is -0.115. The predicted molar refractivity (Wildman–Crippen MR) is 117 cm³/mol. The molecule has 0 aliphatic carbocycles. The smallest absolute Gasteiger partial charge is 0.250 e. The first-order chi connectivity index (χ1) is 13.5. The highest BCUT2D eigenvalue weighted by Crippen LogP contribution is 2.28. The lowest BCUT2D eigenvalue weighted by Gasteiger charge is -2.13. The van der Waals surface area contributed by atoms with Crippen LogP contribution in [0.2, 0.25) is 5.02 Å². The molecule has 0 saturated heterocycles. The molecule has 0 aliphatic heterocycles. The Bertz CT molecular complexity index is 838. The highest BCUT2D eigenvalue weighted by Gasteiger charge is 2.07. The van der Waals surface area contributed by atoms with E-state index in [2.05, 4.69) is 10.6 Å². The average Bonchev–Trinajstić information content (AvgIpc) is 2.70. The monoisotopic (exact) mass is 418 g/mol. The molecule has 2 aromatic carbocycles. The van der Waals surface area contributed by atoms with E-state index in [1.54, 1.807) is 25.3 Å². The first-order valence-electron chi connectivity index (χ1n) is 8.84. The van der Waals surface area contributed by atoms with E-state index in [1.165, 1.54) is 6.08 Å². The lowest BCUT2D eigenvalue weighted by Crippen LogP contribution is -2.37. The molecule has 28 heavy (non-hydrogen) atoms. The molecule has 5 nitrogen and oxygen atoms in total. The van der Waals surface area contributed by atoms with Crippen LogP contribution in [0.15, 0.2) is 48.5 Å². The number of methoxy groups -OCH3 is 1. The van der Waals surface area contributed by atoms with E-state index < -0.39 is 0 Å². The van der Waals surface area contributed by atoms with Crippen LogP contribution in [0.25, 0.3) is 6.08 Å². The molecule has 0 unspecified atom stereocenters. The van der Waals surface area contributed by atoms with Crippen molar-refractivity contribution in [2.24, 2.45) is 0 Å². The van der Waals surface area contributed by atoms with Gasteiger partial charge >= 0.3 is 0 Å². The van der Waals surface area contributed by atoms with Crippen LogP contribution < -0.4 is 20.1 Å². The van der Waals surface area contributed by atoms with E-state index in [0.29, 0.717) is 29.7 Å². The Balaban J connectivity index is 1.84. The van der Waals surface area contributed by atoms with E-state index in [4.69, 9.17) is 33.3 Å². The summed E-state index contributed by atoms with van der Waals surface area (Å²) in [7, 11) is 1.60. The van der Waals surface area contributed by atoms with E-state index in [-0.39, 0.29) is 11.0 Å². The molecule has 0 aliphatic rings. The average molecular weight is 419 g/mol. The van der Waals surface area contributed by atoms with E-state index in [1.807, 2.05) is 37.3 Å². The van der Waals surface area contributed by atoms with E-state index >= 15 is 0 Å². The summed E-state index contributed by atoms with van der Waals surface area (Å²) in [6.07, 6.45) is 4.03. The van der Waals surface area contributed by atoms with Gasteiger partial charge in [0.1, 0.15) is 0 Å². The second-order valence-electron chi connectivity index (χ2n) is 5.89. The van der Waals surface area contributed by atoms with E-state index in [9.17, 15) is 4.79 Å². The molecule has 0 fully saturated rings. The Morgan fingerprint density at radius 2 is 1.93 bits per heavy atom. The maximum Gasteiger partial charge on any atom is 0.250 e. The topological polar surface area (TPSA) is 59.6 Å². The number of nitrogens with one attached hydrogen (secondary N) is 2. The van der Waals surface area contributed by atoms with Crippen molar-refractivity contribution in [1.82, 2.24) is 10.6 Å². The zero-order valence-electron chi connectivity index (χ0n) is 15.8. The van der Waals surface area contributed by atoms with Gasteiger partial charge in [-0.25, -0.2) is 0 Å². The molecule has 0 atom stereocenters. The van der Waals surface area contributed by atoms with Crippen molar-refractivity contribution in [3.05, 3.63) is 64.7 Å². The summed E-state index contributed by atoms with van der Waals surface area (Å²) in [5.41, 5.74) is 1.82. The summed E-state index contributed by atoms with van der Waals surface area (Å²) >= 11 is 11.0. The van der Waals surface area contributed by atoms with Gasteiger partial charge in [-0.2, -0.15) is 0 Å². The van der Waals surface area contributed by atoms with Crippen LogP contribution in [0, 0.1) is 0 Å². The molecule has 0 radical (unpaired) electrons. The molecule has 0 heterocycles. The number of ether oxygens (including phenoxy) is 2. The zero-order chi connectivity index (χ0) is 20.4. The Morgan fingerprint density at radius 3 is 2.61 bits per heavy atom. The first-order valence-corrected chi connectivity index (χ1v) is 9.62. The maximum absolute atomic E-state index is 12.0. The van der Waals surface area contributed by atoms with Crippen LogP contribution in [-0.4, -0.2) is 24.7 Å². The Kier molecular flexibility index (Phi) is 8.78. The van der Waals surface area contributed by atoms with Crippen LogP contribution >= 0.6 is 23.8 Å². The van der Waals surface area contributed by atoms with Crippen LogP contribution in [0.3, 0.4) is 0 Å². The Morgan fingerprint density at radius 1 is 1.18 bits per heavy atom. The summed E-state index contributed by atoms with van der Waals surface area (Å²) in [6.45, 7) is 3.13. The SMILES string of the molecule is CCCOc1ccc(CNC(=S)NC(=O)/C=C/c2ccc(Cl)cc2)cc1OC. The number of thiocarbonyl (C=S) groups is 1. The number of rotatable bonds is 8. The van der Waals surface area contributed by atoms with E-state index in [0.717, 1.165) is 17.5 Å². The van der Waals surface area contributed by atoms with Crippen molar-refractivity contribution in [2.45, 2.75) is 19.9 Å². The van der Waals surface area contributed by atoms with Crippen molar-refractivity contribution in [1.29, 1.82) is 0 Å². The van der Waals surface area contributed by atoms with Gasteiger partial charge < -0.3 is 14.8 Å². The van der Waals surface area contributed by atoms with Crippen molar-refractivity contribution in [3.8, 4) is 11.5 Å². The summed E-state index contributed by atoms with van der Waals surface area (Å²) in [5, 5.41) is 6.51. The molecule has 1 amide bonds. The normalized spacial score (nSPS) is 10.5. The summed E-state index contributed by atoms with van der Waals surface area (Å²) < 4.78 is 11.0. The second-order valence-corrected chi connectivity index (χ2v) is 6.74. The quantitative estimate of drug-likeness (QED) is 0.493. The van der Waals surface area contributed by atoms with Gasteiger partial charge in [0.15, 0.2) is 16.6 Å². The van der Waals surface area contributed by atoms with Crippen LogP contribution in [-0.2, 0) is 11.3 Å². The minimum atomic E-state index is -0.312. The highest BCUT2D eigenvalue weighted by atomic mass is 35.5. The fourth-order valence-corrected chi connectivity index (χ4v) is 2.58. The van der Waals surface area contributed by atoms with Crippen molar-refractivity contribution < 1.29 is 14.3 Å². The van der Waals surface area contributed by atoms with Gasteiger partial charge in [-0.1, -0.05) is 36.7 Å². The third-order valence-electron chi connectivity index (χ3n) is 3.68. The van der Waals surface area contributed by atoms with Gasteiger partial charge in [0.05, 0.1) is 13.7 Å². The molecule has 0 saturated carbocycles. The van der Waals surface area contributed by atoms with Crippen LogP contribution in [0.4, 0.5) is 0 Å². The van der Waals surface area contributed by atoms with Gasteiger partial charge in [-0.3, -0.25) is 10.1 Å². The van der Waals surface area contributed by atoms with Gasteiger partial charge in [0.2, 0.25) is 5.91 Å². The number of halogens is 1. The Hall–Kier alpha value is -2.57. The van der Waals surface area contributed by atoms with Crippen molar-refractivity contribution >= 4 is 40.9 Å². The molecule has 0 aromatic heterocycles. The van der Waals surface area contributed by atoms with Crippen LogP contribution in [0.5, 0.6) is 11.5 Å². The van der Waals surface area contributed by atoms with Gasteiger partial charge in [-0.05, 0) is 60.1 Å². The molecule has 0 spiro atoms. The molecule has 0 bridgehead atoms. The highest BCUT2D eigenvalue weighted by molar-refractivity contribution is 7.80. The minimum absolute atomic E-state index is 0.246. The summed E-state index contributed by atoms with van der Waals surface area (Å²) in [4.78, 5) is 12.0. The third kappa shape index (κ3) is 7.21. The number of amides is 1. The first kappa shape index (κ1) is 21.7. The summed E-state index contributed by atoms with van der Waals surface area (Å²) in [6, 6.07) is 12.8. The number of carbonyl (C=O) groups is 1. The summed E-state index contributed by atoms with van der Waals surface area (Å²) in [5.74, 6) is 1.05. The molecule has 148 valence electrons. The lowest BCUT2D eigenvalue weighted by atomic mass is 10.2. The molecule has 2 N–H and O–H groups in total. The van der Waals surface area contributed by atoms with Crippen LogP contribution in [0.1, 0.15) is 24.5 Å². The number of carbonyl (C=O) groups excluding carboxylic acids is 1. The van der Waals surface area contributed by atoms with Crippen molar-refractivity contribution in [3.63, 3.8) is 0 Å². The number of hydrogen-bond donors (Lipinski definition) is 2. The van der Waals surface area contributed by atoms with Gasteiger partial charge in [-0.15, -0.1) is 0 Å². The Labute approximate surface area is 175 Å². The van der Waals surface area contributed by atoms with Gasteiger partial charge in [0.25, 0.3) is 0 Å². The minimum Gasteiger partial charge on any atom is -0.493 e. The molecular formula is C21H23ClN2O3S. The zero-order valence-corrected chi connectivity index (χ0v) is 17.4. The molecule has 2 rings (SSSR count). The van der Waals surface area contributed by atoms with Gasteiger partial charge in [0, 0.05) is 17.6 Å². The third-order valence-corrected chi connectivity index (χ3v) is 4.18. The number of benzene rings is 2. The number of hydrogen-bond acceptors (Lipinski definition) is 4. The fraction of sp³-hybridized carbons (Fsp3) is 0.238. The molecule has 2 aromatic rings. The molecular weight excluding hydrogens is 396 g/mol. The second kappa shape index (κ2) is 11.3.